The molecule has 6 nitrogen and oxygen atoms in total. The molecule has 0 heterocycles. The normalized spacial score (nSPS) is 12.1. The fraction of sp³-hybridized carbons (Fsp3) is 0.815. The molecule has 0 aliphatic carbocycles. The van der Waals surface area contributed by atoms with Crippen LogP contribution in [0.1, 0.15) is 129 Å². The van der Waals surface area contributed by atoms with E-state index in [1.807, 2.05) is 0 Å². The van der Waals surface area contributed by atoms with E-state index in [4.69, 9.17) is 9.84 Å². The van der Waals surface area contributed by atoms with Crippen LogP contribution in [0.5, 0.6) is 0 Å². The number of hydrogen-bond donors (Lipinski definition) is 2. The number of ether oxygens (including phenoxy) is 1. The predicted octanol–water partition coefficient (Wildman–Crippen LogP) is 6.72. The summed E-state index contributed by atoms with van der Waals surface area (Å²) in [7, 11) is 0. The van der Waals surface area contributed by atoms with Crippen molar-refractivity contribution in [2.75, 3.05) is 6.54 Å². The van der Waals surface area contributed by atoms with Gasteiger partial charge in [-0.05, 0) is 57.8 Å². The molecule has 0 aliphatic rings. The number of esters is 1. The molecule has 0 saturated carbocycles. The van der Waals surface area contributed by atoms with Gasteiger partial charge < -0.3 is 15.2 Å². The molecule has 0 aromatic carbocycles. The van der Waals surface area contributed by atoms with Gasteiger partial charge in [-0.1, -0.05) is 70.9 Å². The second kappa shape index (κ2) is 23.3. The number of allylic oxidation sites excluding steroid dienone is 2. The number of unbranched alkanes of at least 4 members (excludes halogenated alkanes) is 10. The zero-order valence-electron chi connectivity index (χ0n) is 21.2. The number of carboxylic acid groups (broad SMARTS) is 1. The molecule has 0 aromatic heterocycles. The molecule has 0 saturated heterocycles. The average Bonchev–Trinajstić information content (AvgIpc) is 2.78. The van der Waals surface area contributed by atoms with Gasteiger partial charge in [0.15, 0.2) is 0 Å². The number of hydrogen-bond acceptors (Lipinski definition) is 4. The summed E-state index contributed by atoms with van der Waals surface area (Å²) in [4.78, 5) is 34.1. The monoisotopic (exact) mass is 467 g/mol. The van der Waals surface area contributed by atoms with Crippen LogP contribution in [-0.4, -0.2) is 35.6 Å². The maximum atomic E-state index is 12.2. The lowest BCUT2D eigenvalue weighted by molar-refractivity contribution is -0.150. The first-order chi connectivity index (χ1) is 16.0. The van der Waals surface area contributed by atoms with Crippen LogP contribution in [0.15, 0.2) is 12.2 Å². The Kier molecular flexibility index (Phi) is 22.0. The molecule has 0 aromatic rings. The van der Waals surface area contributed by atoms with Gasteiger partial charge in [0.2, 0.25) is 5.91 Å². The number of carboxylic acids is 1. The van der Waals surface area contributed by atoms with Crippen LogP contribution in [0.2, 0.25) is 0 Å². The van der Waals surface area contributed by atoms with Crippen LogP contribution in [0.3, 0.4) is 0 Å². The number of aliphatic carboxylic acids is 1. The Morgan fingerprint density at radius 1 is 0.758 bits per heavy atom. The predicted molar refractivity (Wildman–Crippen MR) is 134 cm³/mol. The van der Waals surface area contributed by atoms with Gasteiger partial charge in [-0.15, -0.1) is 0 Å². The Hall–Kier alpha value is -1.85. The number of amides is 1. The van der Waals surface area contributed by atoms with Crippen molar-refractivity contribution in [2.45, 2.75) is 136 Å². The molecule has 0 aliphatic heterocycles. The van der Waals surface area contributed by atoms with E-state index in [2.05, 4.69) is 31.3 Å². The number of rotatable bonds is 23. The van der Waals surface area contributed by atoms with Gasteiger partial charge in [-0.25, -0.2) is 0 Å². The number of carbonyl (C=O) groups excluding carboxylic acids is 2. The minimum atomic E-state index is -1.03. The Morgan fingerprint density at radius 2 is 1.36 bits per heavy atom. The van der Waals surface area contributed by atoms with Crippen molar-refractivity contribution in [1.82, 2.24) is 5.32 Å². The highest BCUT2D eigenvalue weighted by Crippen LogP contribution is 2.15. The minimum Gasteiger partial charge on any atom is -0.480 e. The summed E-state index contributed by atoms with van der Waals surface area (Å²) in [6.45, 7) is 3.99. The average molecular weight is 468 g/mol. The third-order valence-corrected chi connectivity index (χ3v) is 5.67. The molecule has 192 valence electrons. The molecule has 0 radical (unpaired) electrons. The maximum absolute atomic E-state index is 12.2. The number of nitrogens with one attached hydrogen (secondary N) is 1. The van der Waals surface area contributed by atoms with E-state index < -0.39 is 5.97 Å². The maximum Gasteiger partial charge on any atom is 0.322 e. The van der Waals surface area contributed by atoms with Crippen LogP contribution < -0.4 is 5.32 Å². The van der Waals surface area contributed by atoms with E-state index in [9.17, 15) is 14.4 Å². The number of carbonyl (C=O) groups is 3. The molecule has 0 rings (SSSR count). The van der Waals surface area contributed by atoms with E-state index in [0.717, 1.165) is 44.9 Å². The van der Waals surface area contributed by atoms with Crippen LogP contribution in [0.25, 0.3) is 0 Å². The van der Waals surface area contributed by atoms with Crippen LogP contribution in [0.4, 0.5) is 0 Å². The van der Waals surface area contributed by atoms with Crippen molar-refractivity contribution in [2.24, 2.45) is 0 Å². The first-order valence-electron chi connectivity index (χ1n) is 13.3. The molecule has 0 fully saturated rings. The lowest BCUT2D eigenvalue weighted by atomic mass is 10.1. The van der Waals surface area contributed by atoms with Crippen molar-refractivity contribution in [3.05, 3.63) is 12.2 Å². The highest BCUT2D eigenvalue weighted by Gasteiger charge is 2.13. The van der Waals surface area contributed by atoms with Crippen molar-refractivity contribution < 1.29 is 24.2 Å². The minimum absolute atomic E-state index is 0.0348. The first-order valence-corrected chi connectivity index (χ1v) is 13.3. The molecule has 0 spiro atoms. The summed E-state index contributed by atoms with van der Waals surface area (Å²) < 4.78 is 5.69. The van der Waals surface area contributed by atoms with E-state index in [0.29, 0.717) is 19.3 Å². The van der Waals surface area contributed by atoms with Crippen molar-refractivity contribution in [3.63, 3.8) is 0 Å². The van der Waals surface area contributed by atoms with Crippen molar-refractivity contribution >= 4 is 17.8 Å². The van der Waals surface area contributed by atoms with Gasteiger partial charge in [0.25, 0.3) is 0 Å². The molecular formula is C27H49NO5. The molecular weight excluding hydrogens is 418 g/mol. The highest BCUT2D eigenvalue weighted by atomic mass is 16.5. The topological polar surface area (TPSA) is 92.7 Å². The molecule has 6 heteroatoms. The standard InChI is InChI=1S/C27H49NO5/c1-3-5-6-7-8-9-10-11-12-13-14-18-22-27(32)33-24(19-4-2)20-16-15-17-21-25(29)28-23-26(30)31/h8-9,24H,3-7,10-23H2,1-2H3,(H,28,29)(H,30,31)/b9-8-. The highest BCUT2D eigenvalue weighted by molar-refractivity contribution is 5.80. The second-order valence-corrected chi connectivity index (χ2v) is 8.94. The molecule has 1 amide bonds. The zero-order valence-corrected chi connectivity index (χ0v) is 21.2. The summed E-state index contributed by atoms with van der Waals surface area (Å²) in [6.07, 6.45) is 22.5. The molecule has 0 bridgehead atoms. The lowest BCUT2D eigenvalue weighted by Gasteiger charge is -2.17. The molecule has 2 N–H and O–H groups in total. The van der Waals surface area contributed by atoms with Gasteiger partial charge in [-0.2, -0.15) is 0 Å². The second-order valence-electron chi connectivity index (χ2n) is 8.94. The van der Waals surface area contributed by atoms with Gasteiger partial charge in [0, 0.05) is 12.8 Å². The quantitative estimate of drug-likeness (QED) is 0.0988. The Bertz CT molecular complexity index is 533. The van der Waals surface area contributed by atoms with Gasteiger partial charge in [0.1, 0.15) is 12.6 Å². The summed E-state index contributed by atoms with van der Waals surface area (Å²) in [5.74, 6) is -1.35. The molecule has 1 unspecified atom stereocenters. The summed E-state index contributed by atoms with van der Waals surface area (Å²) in [5, 5.41) is 10.9. The fourth-order valence-electron chi connectivity index (χ4n) is 3.74. The largest absolute Gasteiger partial charge is 0.480 e. The SMILES string of the molecule is CCCCC/C=C\CCCCCCCC(=O)OC(CCC)CCCCCC(=O)NCC(=O)O. The van der Waals surface area contributed by atoms with Crippen molar-refractivity contribution in [3.8, 4) is 0 Å². The van der Waals surface area contributed by atoms with Gasteiger partial charge in [0.05, 0.1) is 0 Å². The fourth-order valence-corrected chi connectivity index (χ4v) is 3.74. The Labute approximate surface area is 201 Å². The van der Waals surface area contributed by atoms with Crippen LogP contribution >= 0.6 is 0 Å². The molecule has 1 atom stereocenters. The van der Waals surface area contributed by atoms with E-state index in [-0.39, 0.29) is 24.5 Å². The van der Waals surface area contributed by atoms with E-state index >= 15 is 0 Å². The van der Waals surface area contributed by atoms with Gasteiger partial charge >= 0.3 is 11.9 Å². The third-order valence-electron chi connectivity index (χ3n) is 5.67. The van der Waals surface area contributed by atoms with E-state index in [1.165, 1.54) is 51.4 Å². The summed E-state index contributed by atoms with van der Waals surface area (Å²) in [6, 6.07) is 0. The molecule has 33 heavy (non-hydrogen) atoms. The lowest BCUT2D eigenvalue weighted by Crippen LogP contribution is -2.28. The Balaban J connectivity index is 3.73. The van der Waals surface area contributed by atoms with E-state index in [1.54, 1.807) is 0 Å². The zero-order chi connectivity index (χ0) is 24.6. The Morgan fingerprint density at radius 3 is 2.03 bits per heavy atom. The van der Waals surface area contributed by atoms with Crippen molar-refractivity contribution in [1.29, 1.82) is 0 Å². The first kappa shape index (κ1) is 31.1. The van der Waals surface area contributed by atoms with Crippen LogP contribution in [0, 0.1) is 0 Å². The summed E-state index contributed by atoms with van der Waals surface area (Å²) >= 11 is 0. The van der Waals surface area contributed by atoms with Gasteiger partial charge in [-0.3, -0.25) is 14.4 Å². The summed E-state index contributed by atoms with van der Waals surface area (Å²) in [5.41, 5.74) is 0. The smallest absolute Gasteiger partial charge is 0.322 e. The van der Waals surface area contributed by atoms with Crippen LogP contribution in [-0.2, 0) is 19.1 Å². The third kappa shape index (κ3) is 23.1.